The van der Waals surface area contributed by atoms with Gasteiger partial charge in [0.1, 0.15) is 17.5 Å². The first kappa shape index (κ1) is 20.4. The quantitative estimate of drug-likeness (QED) is 0.655. The van der Waals surface area contributed by atoms with E-state index in [1.54, 1.807) is 24.3 Å². The van der Waals surface area contributed by atoms with E-state index in [1.165, 1.54) is 7.11 Å². The number of H-pyrrole nitrogens is 1. The molecular weight excluding hydrogens is 400 g/mol. The second kappa shape index (κ2) is 8.10. The largest absolute Gasteiger partial charge is 0.497 e. The Hall–Kier alpha value is -3.87. The predicted molar refractivity (Wildman–Crippen MR) is 112 cm³/mol. The van der Waals surface area contributed by atoms with Crippen LogP contribution >= 0.6 is 0 Å². The summed E-state index contributed by atoms with van der Waals surface area (Å²) in [5, 5.41) is 12.3. The van der Waals surface area contributed by atoms with E-state index in [2.05, 4.69) is 15.3 Å². The van der Waals surface area contributed by atoms with Gasteiger partial charge >= 0.3 is 0 Å². The molecule has 1 fully saturated rings. The van der Waals surface area contributed by atoms with Gasteiger partial charge in [-0.3, -0.25) is 19.4 Å². The second-order valence-electron chi connectivity index (χ2n) is 7.67. The van der Waals surface area contributed by atoms with Crippen LogP contribution in [0.25, 0.3) is 0 Å². The minimum atomic E-state index is -1.08. The lowest BCUT2D eigenvalue weighted by atomic mass is 9.79. The van der Waals surface area contributed by atoms with Crippen LogP contribution in [0.2, 0.25) is 0 Å². The number of anilines is 2. The number of fused-ring (bicyclic) bond motifs is 1. The fraction of sp³-hybridized carbons (Fsp3) is 0.381. The van der Waals surface area contributed by atoms with Crippen molar-refractivity contribution in [3.63, 3.8) is 0 Å². The van der Waals surface area contributed by atoms with Crippen molar-refractivity contribution in [1.29, 1.82) is 5.26 Å². The zero-order chi connectivity index (χ0) is 22.1. The molecule has 2 aromatic rings. The van der Waals surface area contributed by atoms with Crippen molar-refractivity contribution in [2.45, 2.75) is 18.8 Å². The summed E-state index contributed by atoms with van der Waals surface area (Å²) in [6.07, 6.45) is 1.12. The van der Waals surface area contributed by atoms with Crippen molar-refractivity contribution in [3.8, 4) is 11.8 Å². The van der Waals surface area contributed by atoms with Gasteiger partial charge in [0.05, 0.1) is 18.7 Å². The first-order chi connectivity index (χ1) is 14.9. The van der Waals surface area contributed by atoms with Gasteiger partial charge in [0, 0.05) is 24.9 Å². The highest BCUT2D eigenvalue weighted by molar-refractivity contribution is 5.98. The molecule has 2 unspecified atom stereocenters. The zero-order valence-electron chi connectivity index (χ0n) is 16.9. The van der Waals surface area contributed by atoms with Gasteiger partial charge in [0.25, 0.3) is 5.56 Å². The number of amides is 2. The van der Waals surface area contributed by atoms with Crippen molar-refractivity contribution in [1.82, 2.24) is 9.97 Å². The molecule has 2 aliphatic heterocycles. The molecule has 1 aromatic carbocycles. The topological polar surface area (TPSA) is 154 Å². The second-order valence-corrected chi connectivity index (χ2v) is 7.67. The monoisotopic (exact) mass is 422 g/mol. The number of primary amides is 1. The maximum atomic E-state index is 13.1. The summed E-state index contributed by atoms with van der Waals surface area (Å²) in [7, 11) is 1.52. The number of nitrogens with zero attached hydrogens (tertiary/aromatic N) is 3. The van der Waals surface area contributed by atoms with Gasteiger partial charge in [0.2, 0.25) is 17.8 Å². The molecule has 1 aromatic heterocycles. The van der Waals surface area contributed by atoms with E-state index >= 15 is 0 Å². The summed E-state index contributed by atoms with van der Waals surface area (Å²) in [5.74, 6) is -1.91. The molecule has 3 heterocycles. The van der Waals surface area contributed by atoms with Crippen LogP contribution in [-0.4, -0.2) is 42.0 Å². The molecule has 0 bridgehead atoms. The molecule has 2 atom stereocenters. The number of aromatic amines is 1. The zero-order valence-corrected chi connectivity index (χ0v) is 16.9. The highest BCUT2D eigenvalue weighted by Crippen LogP contribution is 2.39. The molecule has 2 amide bonds. The van der Waals surface area contributed by atoms with Gasteiger partial charge in [0.15, 0.2) is 0 Å². The number of rotatable bonds is 4. The minimum Gasteiger partial charge on any atom is -0.497 e. The van der Waals surface area contributed by atoms with Crippen molar-refractivity contribution >= 4 is 23.6 Å². The normalized spacial score (nSPS) is 21.0. The maximum absolute atomic E-state index is 13.1. The standard InChI is InChI=1S/C21H22N6O4/c1-31-13-4-2-3-12(9-13)15-14(10-22)19(29)24-18-16(15)20(30)26-21(25-18)27-7-5-11(6-8-27)17(23)28/h2-4,9,11,14-15H,5-8H2,1H3,(H2,23,28)(H2,24,25,26,29,30). The fourth-order valence-electron chi connectivity index (χ4n) is 4.22. The molecule has 0 spiro atoms. The third kappa shape index (κ3) is 3.70. The van der Waals surface area contributed by atoms with Gasteiger partial charge in [-0.1, -0.05) is 12.1 Å². The summed E-state index contributed by atoms with van der Waals surface area (Å²) in [6, 6.07) is 8.96. The van der Waals surface area contributed by atoms with Crippen molar-refractivity contribution < 1.29 is 14.3 Å². The molecule has 0 radical (unpaired) electrons. The van der Waals surface area contributed by atoms with E-state index in [0.717, 1.165) is 0 Å². The van der Waals surface area contributed by atoms with Gasteiger partial charge in [-0.2, -0.15) is 10.2 Å². The summed E-state index contributed by atoms with van der Waals surface area (Å²) in [5.41, 5.74) is 5.81. The Morgan fingerprint density at radius 1 is 1.32 bits per heavy atom. The lowest BCUT2D eigenvalue weighted by molar-refractivity contribution is -0.122. The summed E-state index contributed by atoms with van der Waals surface area (Å²) >= 11 is 0. The van der Waals surface area contributed by atoms with Crippen molar-refractivity contribution in [2.75, 3.05) is 30.4 Å². The van der Waals surface area contributed by atoms with Gasteiger partial charge in [-0.25, -0.2) is 0 Å². The molecule has 0 aliphatic carbocycles. The van der Waals surface area contributed by atoms with Crippen LogP contribution in [0.5, 0.6) is 5.75 Å². The Kier molecular flexibility index (Phi) is 5.33. The van der Waals surface area contributed by atoms with Crippen LogP contribution in [0, 0.1) is 23.2 Å². The molecule has 0 saturated carbocycles. The number of hydrogen-bond donors (Lipinski definition) is 3. The Morgan fingerprint density at radius 3 is 2.71 bits per heavy atom. The molecule has 160 valence electrons. The smallest absolute Gasteiger partial charge is 0.258 e. The van der Waals surface area contributed by atoms with Crippen molar-refractivity contribution in [2.24, 2.45) is 17.6 Å². The highest BCUT2D eigenvalue weighted by Gasteiger charge is 2.40. The van der Waals surface area contributed by atoms with Crippen LogP contribution < -0.4 is 26.2 Å². The lowest BCUT2D eigenvalue weighted by Gasteiger charge is -2.33. The van der Waals surface area contributed by atoms with Gasteiger partial charge < -0.3 is 20.7 Å². The fourth-order valence-corrected chi connectivity index (χ4v) is 4.22. The lowest BCUT2D eigenvalue weighted by Crippen LogP contribution is -2.42. The Bertz CT molecular complexity index is 1130. The van der Waals surface area contributed by atoms with Crippen molar-refractivity contribution in [3.05, 3.63) is 45.7 Å². The predicted octanol–water partition coefficient (Wildman–Crippen LogP) is 0.704. The molecular formula is C21H22N6O4. The average Bonchev–Trinajstić information content (AvgIpc) is 2.78. The van der Waals surface area contributed by atoms with E-state index in [9.17, 15) is 19.6 Å². The number of carbonyl (C=O) groups excluding carboxylic acids is 2. The number of carbonyl (C=O) groups is 2. The van der Waals surface area contributed by atoms with Crippen LogP contribution in [0.3, 0.4) is 0 Å². The minimum absolute atomic E-state index is 0.139. The Balaban J connectivity index is 1.75. The highest BCUT2D eigenvalue weighted by atomic mass is 16.5. The average molecular weight is 422 g/mol. The molecule has 10 nitrogen and oxygen atoms in total. The van der Waals surface area contributed by atoms with E-state index in [-0.39, 0.29) is 23.2 Å². The van der Waals surface area contributed by atoms with Gasteiger partial charge in [-0.05, 0) is 30.5 Å². The number of aromatic nitrogens is 2. The molecule has 31 heavy (non-hydrogen) atoms. The number of hydrogen-bond acceptors (Lipinski definition) is 7. The summed E-state index contributed by atoms with van der Waals surface area (Å²) < 4.78 is 5.26. The van der Waals surface area contributed by atoms with Crippen LogP contribution in [0.1, 0.15) is 29.9 Å². The number of methoxy groups -OCH3 is 1. The Morgan fingerprint density at radius 2 is 2.06 bits per heavy atom. The first-order valence-corrected chi connectivity index (χ1v) is 9.95. The third-order valence-electron chi connectivity index (χ3n) is 5.90. The number of piperidine rings is 1. The number of nitrogens with one attached hydrogen (secondary N) is 2. The number of benzene rings is 1. The molecule has 4 rings (SSSR count). The number of ether oxygens (including phenoxy) is 1. The molecule has 1 saturated heterocycles. The SMILES string of the molecule is COc1cccc(C2c3c(nc(N4CCC(C(N)=O)CC4)[nH]c3=O)NC(=O)C2C#N)c1. The van der Waals surface area contributed by atoms with E-state index in [1.807, 2.05) is 11.0 Å². The number of nitrogens with two attached hydrogens (primary N) is 1. The summed E-state index contributed by atoms with van der Waals surface area (Å²) in [6.45, 7) is 1.01. The Labute approximate surface area is 178 Å². The van der Waals surface area contributed by atoms with Crippen LogP contribution in [0.15, 0.2) is 29.1 Å². The summed E-state index contributed by atoms with van der Waals surface area (Å²) in [4.78, 5) is 46.3. The molecule has 10 heteroatoms. The maximum Gasteiger partial charge on any atom is 0.258 e. The van der Waals surface area contributed by atoms with Crippen LogP contribution in [0.4, 0.5) is 11.8 Å². The third-order valence-corrected chi connectivity index (χ3v) is 5.90. The first-order valence-electron chi connectivity index (χ1n) is 9.95. The van der Waals surface area contributed by atoms with Crippen LogP contribution in [-0.2, 0) is 9.59 Å². The van der Waals surface area contributed by atoms with Gasteiger partial charge in [-0.15, -0.1) is 0 Å². The molecule has 2 aliphatic rings. The van der Waals surface area contributed by atoms with E-state index in [0.29, 0.717) is 43.2 Å². The molecule has 4 N–H and O–H groups in total. The number of nitriles is 1. The van der Waals surface area contributed by atoms with E-state index in [4.69, 9.17) is 10.5 Å². The van der Waals surface area contributed by atoms with E-state index < -0.39 is 23.3 Å².